The molecule has 0 radical (unpaired) electrons. The SMILES string of the molecule is Cn1c(C(=O)Nc2ccccc2/C=C/c2n[nH]c3ccccc23)cc2ccccc21. The van der Waals surface area contributed by atoms with E-state index in [9.17, 15) is 4.79 Å². The number of H-pyrrole nitrogens is 1. The standard InChI is InChI=1S/C25H20N4O/c1-29-23-13-7-3-9-18(23)16-24(29)25(30)26-20-11-5-2-8-17(20)14-15-22-19-10-4-6-12-21(19)27-28-22/h2-16H,1H3,(H,26,30)(H,27,28)/b15-14+. The van der Waals surface area contributed by atoms with E-state index in [1.165, 1.54) is 0 Å². The first kappa shape index (κ1) is 17.9. The Hall–Kier alpha value is -4.12. The number of anilines is 1. The molecule has 0 saturated carbocycles. The van der Waals surface area contributed by atoms with Gasteiger partial charge in [0.2, 0.25) is 0 Å². The van der Waals surface area contributed by atoms with Gasteiger partial charge < -0.3 is 9.88 Å². The van der Waals surface area contributed by atoms with E-state index in [2.05, 4.69) is 15.5 Å². The summed E-state index contributed by atoms with van der Waals surface area (Å²) in [5, 5.41) is 12.6. The lowest BCUT2D eigenvalue weighted by atomic mass is 10.1. The monoisotopic (exact) mass is 392 g/mol. The summed E-state index contributed by atoms with van der Waals surface area (Å²) in [5.74, 6) is -0.139. The minimum Gasteiger partial charge on any atom is -0.340 e. The Labute approximate surface area is 173 Å². The van der Waals surface area contributed by atoms with E-state index in [1.54, 1.807) is 0 Å². The highest BCUT2D eigenvalue weighted by Crippen LogP contribution is 2.23. The van der Waals surface area contributed by atoms with Crippen LogP contribution >= 0.6 is 0 Å². The molecule has 3 aromatic carbocycles. The fourth-order valence-electron chi connectivity index (χ4n) is 3.73. The number of aryl methyl sites for hydroxylation is 1. The van der Waals surface area contributed by atoms with Gasteiger partial charge in [-0.3, -0.25) is 9.89 Å². The first-order valence-electron chi connectivity index (χ1n) is 9.77. The summed E-state index contributed by atoms with van der Waals surface area (Å²) in [6.07, 6.45) is 3.93. The third-order valence-electron chi connectivity index (χ3n) is 5.31. The molecule has 5 rings (SSSR count). The molecule has 5 nitrogen and oxygen atoms in total. The topological polar surface area (TPSA) is 62.7 Å². The number of aromatic amines is 1. The summed E-state index contributed by atoms with van der Waals surface area (Å²) in [4.78, 5) is 13.0. The number of amides is 1. The van der Waals surface area contributed by atoms with E-state index in [0.29, 0.717) is 5.69 Å². The van der Waals surface area contributed by atoms with Gasteiger partial charge in [-0.1, -0.05) is 60.7 Å². The van der Waals surface area contributed by atoms with E-state index in [1.807, 2.05) is 103 Å². The van der Waals surface area contributed by atoms with Gasteiger partial charge in [0.25, 0.3) is 5.91 Å². The third kappa shape index (κ3) is 3.16. The number of rotatable bonds is 4. The van der Waals surface area contributed by atoms with Gasteiger partial charge in [0.05, 0.1) is 11.2 Å². The molecule has 5 heteroatoms. The first-order chi connectivity index (χ1) is 14.7. The number of nitrogens with one attached hydrogen (secondary N) is 2. The van der Waals surface area contributed by atoms with E-state index >= 15 is 0 Å². The zero-order valence-electron chi connectivity index (χ0n) is 16.5. The highest BCUT2D eigenvalue weighted by atomic mass is 16.1. The Morgan fingerprint density at radius 3 is 2.63 bits per heavy atom. The number of nitrogens with zero attached hydrogens (tertiary/aromatic N) is 2. The Bertz CT molecular complexity index is 1410. The van der Waals surface area contributed by atoms with Crippen molar-refractivity contribution in [3.63, 3.8) is 0 Å². The summed E-state index contributed by atoms with van der Waals surface area (Å²) in [6, 6.07) is 25.6. The molecule has 2 N–H and O–H groups in total. The lowest BCUT2D eigenvalue weighted by Gasteiger charge is -2.09. The predicted molar refractivity (Wildman–Crippen MR) is 122 cm³/mol. The maximum absolute atomic E-state index is 13.0. The van der Waals surface area contributed by atoms with Gasteiger partial charge in [-0.25, -0.2) is 0 Å². The summed E-state index contributed by atoms with van der Waals surface area (Å²) in [7, 11) is 1.91. The summed E-state index contributed by atoms with van der Waals surface area (Å²) < 4.78 is 1.92. The Morgan fingerprint density at radius 2 is 1.73 bits per heavy atom. The minimum absolute atomic E-state index is 0.139. The van der Waals surface area contributed by atoms with Crippen molar-refractivity contribution in [3.05, 3.63) is 95.8 Å². The molecule has 30 heavy (non-hydrogen) atoms. The van der Waals surface area contributed by atoms with Gasteiger partial charge in [0.15, 0.2) is 0 Å². The van der Waals surface area contributed by atoms with Crippen molar-refractivity contribution in [2.75, 3.05) is 5.32 Å². The number of aromatic nitrogens is 3. The maximum atomic E-state index is 13.0. The van der Waals surface area contributed by atoms with Crippen molar-refractivity contribution in [1.29, 1.82) is 0 Å². The average molecular weight is 392 g/mol. The Morgan fingerprint density at radius 1 is 0.967 bits per heavy atom. The molecule has 0 spiro atoms. The number of hydrogen-bond donors (Lipinski definition) is 2. The van der Waals surface area contributed by atoms with Crippen LogP contribution in [0.15, 0.2) is 78.9 Å². The fraction of sp³-hybridized carbons (Fsp3) is 0.0400. The smallest absolute Gasteiger partial charge is 0.272 e. The Balaban J connectivity index is 1.44. The van der Waals surface area contributed by atoms with Crippen LogP contribution in [0, 0.1) is 0 Å². The van der Waals surface area contributed by atoms with Crippen LogP contribution in [0.1, 0.15) is 21.7 Å². The highest BCUT2D eigenvalue weighted by molar-refractivity contribution is 6.07. The molecule has 0 fully saturated rings. The van der Waals surface area contributed by atoms with Crippen LogP contribution in [0.25, 0.3) is 34.0 Å². The zero-order valence-corrected chi connectivity index (χ0v) is 16.5. The number of carbonyl (C=O) groups excluding carboxylic acids is 1. The van der Waals surface area contributed by atoms with Gasteiger partial charge >= 0.3 is 0 Å². The summed E-state index contributed by atoms with van der Waals surface area (Å²) in [5.41, 5.74) is 5.17. The van der Waals surface area contributed by atoms with Gasteiger partial charge in [-0.05, 0) is 35.9 Å². The lowest BCUT2D eigenvalue weighted by molar-refractivity contribution is 0.101. The minimum atomic E-state index is -0.139. The molecule has 146 valence electrons. The fourth-order valence-corrected chi connectivity index (χ4v) is 3.73. The van der Waals surface area contributed by atoms with E-state index in [0.717, 1.165) is 38.8 Å². The molecule has 0 bridgehead atoms. The number of benzene rings is 3. The first-order valence-corrected chi connectivity index (χ1v) is 9.77. The molecule has 0 aliphatic rings. The van der Waals surface area contributed by atoms with E-state index in [4.69, 9.17) is 0 Å². The van der Waals surface area contributed by atoms with Gasteiger partial charge in [-0.15, -0.1) is 0 Å². The van der Waals surface area contributed by atoms with Crippen molar-refractivity contribution in [2.45, 2.75) is 0 Å². The molecule has 1 amide bonds. The quantitative estimate of drug-likeness (QED) is 0.426. The third-order valence-corrected chi connectivity index (χ3v) is 5.31. The largest absolute Gasteiger partial charge is 0.340 e. The van der Waals surface area contributed by atoms with E-state index < -0.39 is 0 Å². The average Bonchev–Trinajstić information content (AvgIpc) is 3.34. The molecule has 0 atom stereocenters. The molecule has 0 aliphatic heterocycles. The van der Waals surface area contributed by atoms with Crippen molar-refractivity contribution in [1.82, 2.24) is 14.8 Å². The predicted octanol–water partition coefficient (Wildman–Crippen LogP) is 5.48. The van der Waals surface area contributed by atoms with Crippen molar-refractivity contribution >= 4 is 45.6 Å². The molecule has 2 heterocycles. The van der Waals surface area contributed by atoms with Crippen LogP contribution in [-0.2, 0) is 7.05 Å². The van der Waals surface area contributed by atoms with Crippen LogP contribution in [0.4, 0.5) is 5.69 Å². The Kier molecular flexibility index (Phi) is 4.41. The van der Waals surface area contributed by atoms with Gasteiger partial charge in [0, 0.05) is 29.0 Å². The molecular formula is C25H20N4O. The van der Waals surface area contributed by atoms with Gasteiger partial charge in [-0.2, -0.15) is 5.10 Å². The summed E-state index contributed by atoms with van der Waals surface area (Å²) in [6.45, 7) is 0. The molecule has 0 unspecified atom stereocenters. The highest BCUT2D eigenvalue weighted by Gasteiger charge is 2.14. The molecule has 0 aliphatic carbocycles. The number of hydrogen-bond acceptors (Lipinski definition) is 2. The molecule has 0 saturated heterocycles. The van der Waals surface area contributed by atoms with Crippen LogP contribution in [0.3, 0.4) is 0 Å². The molecular weight excluding hydrogens is 372 g/mol. The molecule has 2 aromatic heterocycles. The van der Waals surface area contributed by atoms with Crippen LogP contribution in [0.2, 0.25) is 0 Å². The van der Waals surface area contributed by atoms with Crippen molar-refractivity contribution < 1.29 is 4.79 Å². The van der Waals surface area contributed by atoms with Crippen LogP contribution in [0.5, 0.6) is 0 Å². The van der Waals surface area contributed by atoms with Crippen molar-refractivity contribution in [3.8, 4) is 0 Å². The number of fused-ring (bicyclic) bond motifs is 2. The summed E-state index contributed by atoms with van der Waals surface area (Å²) >= 11 is 0. The second kappa shape index (κ2) is 7.37. The second-order valence-corrected chi connectivity index (χ2v) is 7.18. The van der Waals surface area contributed by atoms with E-state index in [-0.39, 0.29) is 5.91 Å². The zero-order chi connectivity index (χ0) is 20.5. The van der Waals surface area contributed by atoms with Crippen molar-refractivity contribution in [2.24, 2.45) is 7.05 Å². The van der Waals surface area contributed by atoms with Crippen LogP contribution < -0.4 is 5.32 Å². The number of para-hydroxylation sites is 3. The van der Waals surface area contributed by atoms with Gasteiger partial charge in [0.1, 0.15) is 5.69 Å². The maximum Gasteiger partial charge on any atom is 0.272 e. The normalized spacial score (nSPS) is 11.5. The number of carbonyl (C=O) groups is 1. The lowest BCUT2D eigenvalue weighted by Crippen LogP contribution is -2.16. The second-order valence-electron chi connectivity index (χ2n) is 7.18. The van der Waals surface area contributed by atoms with Crippen LogP contribution in [-0.4, -0.2) is 20.7 Å². The molecule has 5 aromatic rings.